The van der Waals surface area contributed by atoms with Gasteiger partial charge in [-0.25, -0.2) is 14.4 Å². The molecule has 0 amide bonds. The van der Waals surface area contributed by atoms with E-state index in [-0.39, 0.29) is 0 Å². The molecule has 136 valence electrons. The van der Waals surface area contributed by atoms with Crippen molar-refractivity contribution in [1.82, 2.24) is 19.9 Å². The van der Waals surface area contributed by atoms with Crippen molar-refractivity contribution in [2.24, 2.45) is 0 Å². The molecular weight excluding hydrogens is 339 g/mol. The second kappa shape index (κ2) is 7.12. The molecule has 0 spiro atoms. The number of nitrogens with one attached hydrogen (secondary N) is 2. The van der Waals surface area contributed by atoms with Gasteiger partial charge in [0.15, 0.2) is 11.6 Å². The minimum Gasteiger partial charge on any atom is -0.497 e. The Morgan fingerprint density at radius 1 is 1.31 bits per heavy atom. The first-order valence-corrected chi connectivity index (χ1v) is 8.34. The number of imidazole rings is 1. The van der Waals surface area contributed by atoms with Crippen molar-refractivity contribution in [1.29, 1.82) is 0 Å². The number of benzene rings is 1. The van der Waals surface area contributed by atoms with Gasteiger partial charge in [-0.1, -0.05) is 0 Å². The van der Waals surface area contributed by atoms with Crippen LogP contribution < -0.4 is 15.0 Å². The maximum absolute atomic E-state index is 14.1. The van der Waals surface area contributed by atoms with E-state index < -0.39 is 5.82 Å². The highest BCUT2D eigenvalue weighted by Crippen LogP contribution is 2.20. The van der Waals surface area contributed by atoms with Crippen molar-refractivity contribution < 1.29 is 13.9 Å². The van der Waals surface area contributed by atoms with Crippen molar-refractivity contribution in [3.8, 4) is 5.75 Å². The van der Waals surface area contributed by atoms with Crippen molar-refractivity contribution >= 4 is 22.8 Å². The molecule has 1 fully saturated rings. The Morgan fingerprint density at radius 2 is 2.15 bits per heavy atom. The lowest BCUT2D eigenvalue weighted by Crippen LogP contribution is -2.37. The standard InChI is InChI=1S/C17H19FN6O2/c1-25-11-2-3-13-14(8-11)22-15(21-13)10-20-17-19-9-12(18)16(23-17)24-4-6-26-7-5-24/h2-3,8-9H,4-7,10H2,1H3,(H,21,22)(H,19,20,23). The van der Waals surface area contributed by atoms with E-state index in [4.69, 9.17) is 9.47 Å². The first-order chi connectivity index (χ1) is 12.7. The summed E-state index contributed by atoms with van der Waals surface area (Å²) >= 11 is 0. The number of methoxy groups -OCH3 is 1. The van der Waals surface area contributed by atoms with E-state index in [1.54, 1.807) is 7.11 Å². The zero-order chi connectivity index (χ0) is 17.9. The number of nitrogens with zero attached hydrogens (tertiary/aromatic N) is 4. The van der Waals surface area contributed by atoms with Crippen LogP contribution in [0.3, 0.4) is 0 Å². The number of aromatic amines is 1. The highest BCUT2D eigenvalue weighted by molar-refractivity contribution is 5.76. The Hall–Kier alpha value is -2.94. The molecule has 1 aromatic carbocycles. The van der Waals surface area contributed by atoms with Crippen LogP contribution in [-0.2, 0) is 11.3 Å². The van der Waals surface area contributed by atoms with Gasteiger partial charge in [0.2, 0.25) is 5.95 Å². The molecule has 1 aliphatic rings. The molecule has 0 radical (unpaired) electrons. The normalized spacial score (nSPS) is 14.6. The summed E-state index contributed by atoms with van der Waals surface area (Å²) in [5.41, 5.74) is 1.73. The smallest absolute Gasteiger partial charge is 0.225 e. The van der Waals surface area contributed by atoms with Gasteiger partial charge < -0.3 is 24.7 Å². The van der Waals surface area contributed by atoms with Gasteiger partial charge in [-0.2, -0.15) is 4.98 Å². The number of rotatable bonds is 5. The molecule has 3 aromatic rings. The van der Waals surface area contributed by atoms with Crippen LogP contribution in [0.5, 0.6) is 5.75 Å². The highest BCUT2D eigenvalue weighted by Gasteiger charge is 2.18. The Morgan fingerprint density at radius 3 is 2.96 bits per heavy atom. The average molecular weight is 358 g/mol. The van der Waals surface area contributed by atoms with Gasteiger partial charge in [-0.05, 0) is 12.1 Å². The second-order valence-corrected chi connectivity index (χ2v) is 5.88. The van der Waals surface area contributed by atoms with Crippen LogP contribution in [0.1, 0.15) is 5.82 Å². The summed E-state index contributed by atoms with van der Waals surface area (Å²) in [5.74, 6) is 1.70. The molecule has 0 unspecified atom stereocenters. The lowest BCUT2D eigenvalue weighted by molar-refractivity contribution is 0.122. The lowest BCUT2D eigenvalue weighted by Gasteiger charge is -2.28. The number of hydrogen-bond donors (Lipinski definition) is 2. The molecule has 9 heteroatoms. The molecule has 4 rings (SSSR count). The molecule has 0 atom stereocenters. The molecule has 1 aliphatic heterocycles. The van der Waals surface area contributed by atoms with Gasteiger partial charge in [0.25, 0.3) is 0 Å². The van der Waals surface area contributed by atoms with Gasteiger partial charge in [0, 0.05) is 19.2 Å². The van der Waals surface area contributed by atoms with Crippen LogP contribution in [0.15, 0.2) is 24.4 Å². The lowest BCUT2D eigenvalue weighted by atomic mass is 10.3. The van der Waals surface area contributed by atoms with Crippen LogP contribution in [0.4, 0.5) is 16.2 Å². The number of hydrogen-bond acceptors (Lipinski definition) is 7. The summed E-state index contributed by atoms with van der Waals surface area (Å²) in [5, 5.41) is 3.09. The fourth-order valence-corrected chi connectivity index (χ4v) is 2.86. The zero-order valence-electron chi connectivity index (χ0n) is 14.3. The summed E-state index contributed by atoms with van der Waals surface area (Å²) < 4.78 is 24.6. The van der Waals surface area contributed by atoms with Crippen molar-refractivity contribution in [3.63, 3.8) is 0 Å². The van der Waals surface area contributed by atoms with Crippen LogP contribution in [-0.4, -0.2) is 53.3 Å². The first-order valence-electron chi connectivity index (χ1n) is 8.34. The number of fused-ring (bicyclic) bond motifs is 1. The maximum atomic E-state index is 14.1. The highest BCUT2D eigenvalue weighted by atomic mass is 19.1. The zero-order valence-corrected chi connectivity index (χ0v) is 14.3. The van der Waals surface area contributed by atoms with Crippen molar-refractivity contribution in [2.75, 3.05) is 43.6 Å². The molecule has 3 heterocycles. The van der Waals surface area contributed by atoms with E-state index in [0.29, 0.717) is 44.6 Å². The van der Waals surface area contributed by atoms with Crippen molar-refractivity contribution in [2.45, 2.75) is 6.54 Å². The summed E-state index contributed by atoms with van der Waals surface area (Å²) in [4.78, 5) is 17.9. The number of morpholine rings is 1. The van der Waals surface area contributed by atoms with E-state index in [0.717, 1.165) is 22.6 Å². The molecule has 1 saturated heterocycles. The van der Waals surface area contributed by atoms with E-state index in [2.05, 4.69) is 25.3 Å². The molecule has 8 nitrogen and oxygen atoms in total. The third-order valence-electron chi connectivity index (χ3n) is 4.19. The van der Waals surface area contributed by atoms with Crippen LogP contribution in [0.25, 0.3) is 11.0 Å². The summed E-state index contributed by atoms with van der Waals surface area (Å²) in [7, 11) is 1.62. The van der Waals surface area contributed by atoms with Crippen LogP contribution in [0.2, 0.25) is 0 Å². The monoisotopic (exact) mass is 358 g/mol. The molecule has 0 aliphatic carbocycles. The SMILES string of the molecule is COc1ccc2nc(CNc3ncc(F)c(N4CCOCC4)n3)[nH]c2c1. The molecule has 26 heavy (non-hydrogen) atoms. The van der Waals surface area contributed by atoms with Gasteiger partial charge in [-0.3, -0.25) is 0 Å². The average Bonchev–Trinajstić information content (AvgIpc) is 3.10. The topological polar surface area (TPSA) is 88.2 Å². The number of anilines is 2. The number of H-pyrrole nitrogens is 1. The number of halogens is 1. The number of aromatic nitrogens is 4. The fourth-order valence-electron chi connectivity index (χ4n) is 2.86. The molecule has 0 bridgehead atoms. The van der Waals surface area contributed by atoms with Gasteiger partial charge >= 0.3 is 0 Å². The predicted molar refractivity (Wildman–Crippen MR) is 95.0 cm³/mol. The number of ether oxygens (including phenoxy) is 2. The quantitative estimate of drug-likeness (QED) is 0.721. The molecular formula is C17H19FN6O2. The summed E-state index contributed by atoms with van der Waals surface area (Å²) in [6, 6.07) is 5.63. The Labute approximate surface area is 149 Å². The Kier molecular flexibility index (Phi) is 4.53. The summed E-state index contributed by atoms with van der Waals surface area (Å²) in [6.07, 6.45) is 1.18. The van der Waals surface area contributed by atoms with Gasteiger partial charge in [-0.15, -0.1) is 0 Å². The van der Waals surface area contributed by atoms with E-state index in [1.165, 1.54) is 6.20 Å². The van der Waals surface area contributed by atoms with E-state index in [9.17, 15) is 4.39 Å². The second-order valence-electron chi connectivity index (χ2n) is 5.88. The Bertz CT molecular complexity index is 909. The van der Waals surface area contributed by atoms with Crippen molar-refractivity contribution in [3.05, 3.63) is 36.0 Å². The third-order valence-corrected chi connectivity index (χ3v) is 4.19. The largest absolute Gasteiger partial charge is 0.497 e. The van der Waals surface area contributed by atoms with E-state index >= 15 is 0 Å². The van der Waals surface area contributed by atoms with E-state index in [1.807, 2.05) is 23.1 Å². The molecule has 2 aromatic heterocycles. The third kappa shape index (κ3) is 3.38. The summed E-state index contributed by atoms with van der Waals surface area (Å²) in [6.45, 7) is 2.74. The maximum Gasteiger partial charge on any atom is 0.225 e. The van der Waals surface area contributed by atoms with Crippen LogP contribution in [0, 0.1) is 5.82 Å². The minimum atomic E-state index is -0.437. The fraction of sp³-hybridized carbons (Fsp3) is 0.353. The first kappa shape index (κ1) is 16.5. The minimum absolute atomic E-state index is 0.292. The van der Waals surface area contributed by atoms with Gasteiger partial charge in [0.1, 0.15) is 11.6 Å². The Balaban J connectivity index is 1.49. The molecule has 0 saturated carbocycles. The van der Waals surface area contributed by atoms with Gasteiger partial charge in [0.05, 0.1) is 44.1 Å². The predicted octanol–water partition coefficient (Wildman–Crippen LogP) is 1.95. The van der Waals surface area contributed by atoms with Crippen LogP contribution >= 0.6 is 0 Å². The molecule has 2 N–H and O–H groups in total.